The van der Waals surface area contributed by atoms with E-state index in [2.05, 4.69) is 4.90 Å². The summed E-state index contributed by atoms with van der Waals surface area (Å²) in [4.78, 5) is 32.1. The normalized spacial score (nSPS) is 16.7. The minimum atomic E-state index is -0.0438. The summed E-state index contributed by atoms with van der Waals surface area (Å²) < 4.78 is 1.75. The molecule has 2 fully saturated rings. The Labute approximate surface area is 204 Å². The number of aromatic nitrogens is 2. The lowest BCUT2D eigenvalue weighted by molar-refractivity contribution is -0.131. The lowest BCUT2D eigenvalue weighted by Crippen LogP contribution is -2.51. The van der Waals surface area contributed by atoms with Crippen molar-refractivity contribution in [1.82, 2.24) is 24.5 Å². The van der Waals surface area contributed by atoms with E-state index in [1.807, 2.05) is 70.6 Å². The third-order valence-electron chi connectivity index (χ3n) is 6.56. The Bertz CT molecular complexity index is 1150. The van der Waals surface area contributed by atoms with Gasteiger partial charge in [0, 0.05) is 56.1 Å². The maximum absolute atomic E-state index is 13.6. The summed E-state index contributed by atoms with van der Waals surface area (Å²) in [5.74, 6) is 0.157. The average Bonchev–Trinajstić information content (AvgIpc) is 3.56. The Hall–Kier alpha value is -3.16. The van der Waals surface area contributed by atoms with Gasteiger partial charge in [-0.2, -0.15) is 5.10 Å². The maximum atomic E-state index is 13.6. The molecular formula is C26H28ClN5O2. The van der Waals surface area contributed by atoms with Gasteiger partial charge in [-0.1, -0.05) is 41.9 Å². The van der Waals surface area contributed by atoms with Crippen LogP contribution in [0.2, 0.25) is 5.02 Å². The molecule has 5 rings (SSSR count). The highest BCUT2D eigenvalue weighted by Crippen LogP contribution is 2.27. The molecule has 0 saturated carbocycles. The van der Waals surface area contributed by atoms with E-state index in [1.165, 1.54) is 0 Å². The van der Waals surface area contributed by atoms with E-state index in [4.69, 9.17) is 16.7 Å². The molecule has 2 saturated heterocycles. The predicted molar refractivity (Wildman–Crippen MR) is 132 cm³/mol. The molecular weight excluding hydrogens is 450 g/mol. The van der Waals surface area contributed by atoms with Crippen LogP contribution in [-0.2, 0) is 4.79 Å². The quantitative estimate of drug-likeness (QED) is 0.563. The van der Waals surface area contributed by atoms with Crippen LogP contribution in [0.3, 0.4) is 0 Å². The van der Waals surface area contributed by atoms with Gasteiger partial charge in [-0.15, -0.1) is 0 Å². The lowest BCUT2D eigenvalue weighted by Gasteiger charge is -2.35. The predicted octanol–water partition coefficient (Wildman–Crippen LogP) is 3.57. The second kappa shape index (κ2) is 9.99. The van der Waals surface area contributed by atoms with E-state index in [1.54, 1.807) is 4.68 Å². The van der Waals surface area contributed by atoms with Gasteiger partial charge in [0.1, 0.15) is 5.69 Å². The zero-order valence-corrected chi connectivity index (χ0v) is 19.8. The molecule has 1 aromatic heterocycles. The maximum Gasteiger partial charge on any atom is 0.257 e. The van der Waals surface area contributed by atoms with Crippen LogP contribution in [0.15, 0.2) is 60.8 Å². The summed E-state index contributed by atoms with van der Waals surface area (Å²) in [6.45, 7) is 4.73. The molecule has 0 unspecified atom stereocenters. The molecule has 2 amide bonds. The standard InChI is InChI=1S/C26H28ClN5O2/c27-21-10-8-20(9-11-21)25-23(18-32(28-25)22-6-2-1-3-7-22)26(34)31-16-14-29(15-17-31)19-24(33)30-12-4-5-13-30/h1-3,6-11,18H,4-5,12-17,19H2. The minimum Gasteiger partial charge on any atom is -0.342 e. The zero-order chi connectivity index (χ0) is 23.5. The molecule has 8 heteroatoms. The van der Waals surface area contributed by atoms with Gasteiger partial charge in [0.25, 0.3) is 5.91 Å². The second-order valence-corrected chi connectivity index (χ2v) is 9.27. The molecule has 0 N–H and O–H groups in total. The minimum absolute atomic E-state index is 0.0438. The fourth-order valence-corrected chi connectivity index (χ4v) is 4.73. The Balaban J connectivity index is 1.33. The highest BCUT2D eigenvalue weighted by Gasteiger charge is 2.28. The van der Waals surface area contributed by atoms with Crippen LogP contribution in [0.4, 0.5) is 0 Å². The number of carbonyl (C=O) groups is 2. The molecule has 0 atom stereocenters. The largest absolute Gasteiger partial charge is 0.342 e. The molecule has 0 radical (unpaired) electrons. The molecule has 3 heterocycles. The first-order valence-electron chi connectivity index (χ1n) is 11.8. The summed E-state index contributed by atoms with van der Waals surface area (Å²) >= 11 is 6.08. The van der Waals surface area contributed by atoms with Crippen LogP contribution in [0.5, 0.6) is 0 Å². The topological polar surface area (TPSA) is 61.7 Å². The van der Waals surface area contributed by atoms with Gasteiger partial charge in [-0.25, -0.2) is 4.68 Å². The number of benzene rings is 2. The molecule has 0 spiro atoms. The molecule has 34 heavy (non-hydrogen) atoms. The summed E-state index contributed by atoms with van der Waals surface area (Å²) in [7, 11) is 0. The van der Waals surface area contributed by atoms with E-state index in [0.717, 1.165) is 37.2 Å². The number of halogens is 1. The molecule has 0 bridgehead atoms. The van der Waals surface area contributed by atoms with Gasteiger partial charge >= 0.3 is 0 Å². The lowest BCUT2D eigenvalue weighted by atomic mass is 10.1. The van der Waals surface area contributed by atoms with Gasteiger partial charge in [0.05, 0.1) is 17.8 Å². The van der Waals surface area contributed by atoms with Crippen molar-refractivity contribution in [1.29, 1.82) is 0 Å². The third-order valence-corrected chi connectivity index (χ3v) is 6.81. The third kappa shape index (κ3) is 4.86. The molecule has 176 valence electrons. The van der Waals surface area contributed by atoms with Crippen LogP contribution < -0.4 is 0 Å². The van der Waals surface area contributed by atoms with Crippen LogP contribution in [-0.4, -0.2) is 82.1 Å². The first-order chi connectivity index (χ1) is 16.6. The smallest absolute Gasteiger partial charge is 0.257 e. The van der Waals surface area contributed by atoms with E-state index in [0.29, 0.717) is 49.0 Å². The summed E-state index contributed by atoms with van der Waals surface area (Å²) in [6, 6.07) is 17.2. The summed E-state index contributed by atoms with van der Waals surface area (Å²) in [6.07, 6.45) is 4.01. The first kappa shape index (κ1) is 22.6. The van der Waals surface area contributed by atoms with Crippen LogP contribution in [0, 0.1) is 0 Å². The number of hydrogen-bond acceptors (Lipinski definition) is 4. The van der Waals surface area contributed by atoms with Crippen LogP contribution in [0.1, 0.15) is 23.2 Å². The highest BCUT2D eigenvalue weighted by molar-refractivity contribution is 6.30. The van der Waals surface area contributed by atoms with E-state index >= 15 is 0 Å². The molecule has 7 nitrogen and oxygen atoms in total. The Kier molecular flexibility index (Phi) is 6.65. The van der Waals surface area contributed by atoms with Crippen molar-refractivity contribution < 1.29 is 9.59 Å². The van der Waals surface area contributed by atoms with Gasteiger partial charge in [-0.3, -0.25) is 14.5 Å². The Morgan fingerprint density at radius 1 is 0.824 bits per heavy atom. The first-order valence-corrected chi connectivity index (χ1v) is 12.2. The molecule has 0 aliphatic carbocycles. The van der Waals surface area contributed by atoms with Gasteiger partial charge in [-0.05, 0) is 37.1 Å². The molecule has 2 aliphatic rings. The summed E-state index contributed by atoms with van der Waals surface area (Å²) in [5.41, 5.74) is 2.93. The summed E-state index contributed by atoms with van der Waals surface area (Å²) in [5, 5.41) is 5.40. The van der Waals surface area contributed by atoms with Crippen molar-refractivity contribution in [3.8, 4) is 16.9 Å². The number of likely N-dealkylation sites (tertiary alicyclic amines) is 1. The van der Waals surface area contributed by atoms with Crippen molar-refractivity contribution >= 4 is 23.4 Å². The van der Waals surface area contributed by atoms with Gasteiger partial charge < -0.3 is 9.80 Å². The van der Waals surface area contributed by atoms with E-state index in [9.17, 15) is 9.59 Å². The van der Waals surface area contributed by atoms with Gasteiger partial charge in [0.15, 0.2) is 0 Å². The molecule has 2 aromatic carbocycles. The average molecular weight is 478 g/mol. The Morgan fingerprint density at radius 3 is 2.18 bits per heavy atom. The SMILES string of the molecule is O=C(CN1CCN(C(=O)c2cn(-c3ccccc3)nc2-c2ccc(Cl)cc2)CC1)N1CCCC1. The van der Waals surface area contributed by atoms with Crippen LogP contribution in [0.25, 0.3) is 16.9 Å². The van der Waals surface area contributed by atoms with E-state index < -0.39 is 0 Å². The number of nitrogens with zero attached hydrogens (tertiary/aromatic N) is 5. The zero-order valence-electron chi connectivity index (χ0n) is 19.1. The molecule has 3 aromatic rings. The Morgan fingerprint density at radius 2 is 1.50 bits per heavy atom. The highest BCUT2D eigenvalue weighted by atomic mass is 35.5. The number of hydrogen-bond donors (Lipinski definition) is 0. The number of carbonyl (C=O) groups excluding carboxylic acids is 2. The van der Waals surface area contributed by atoms with E-state index in [-0.39, 0.29) is 11.8 Å². The van der Waals surface area contributed by atoms with Crippen LogP contribution >= 0.6 is 11.6 Å². The van der Waals surface area contributed by atoms with Crippen molar-refractivity contribution in [2.75, 3.05) is 45.8 Å². The van der Waals surface area contributed by atoms with Crippen molar-refractivity contribution in [3.63, 3.8) is 0 Å². The van der Waals surface area contributed by atoms with Crippen molar-refractivity contribution in [3.05, 3.63) is 71.4 Å². The fourth-order valence-electron chi connectivity index (χ4n) is 4.60. The number of piperazine rings is 1. The number of para-hydroxylation sites is 1. The van der Waals surface area contributed by atoms with Crippen molar-refractivity contribution in [2.24, 2.45) is 0 Å². The fraction of sp³-hybridized carbons (Fsp3) is 0.346. The number of rotatable bonds is 5. The molecule has 2 aliphatic heterocycles. The monoisotopic (exact) mass is 477 g/mol. The number of amides is 2. The van der Waals surface area contributed by atoms with Crippen molar-refractivity contribution in [2.45, 2.75) is 12.8 Å². The van der Waals surface area contributed by atoms with Gasteiger partial charge in [0.2, 0.25) is 5.91 Å². The second-order valence-electron chi connectivity index (χ2n) is 8.83.